The second-order valence-corrected chi connectivity index (χ2v) is 7.04. The van der Waals surface area contributed by atoms with Crippen LogP contribution in [-0.2, 0) is 9.53 Å². The largest absolute Gasteiger partial charge is 0.489 e. The molecule has 138 valence electrons. The Morgan fingerprint density at radius 2 is 2.12 bits per heavy atom. The van der Waals surface area contributed by atoms with Crippen LogP contribution in [0.2, 0.25) is 0 Å². The van der Waals surface area contributed by atoms with Gasteiger partial charge in [0.25, 0.3) is 5.91 Å². The molecule has 1 unspecified atom stereocenters. The predicted octanol–water partition coefficient (Wildman–Crippen LogP) is 4.33. The van der Waals surface area contributed by atoms with Crippen LogP contribution < -0.4 is 14.8 Å². The van der Waals surface area contributed by atoms with Gasteiger partial charge < -0.3 is 19.5 Å². The van der Waals surface area contributed by atoms with Crippen molar-refractivity contribution in [1.82, 2.24) is 0 Å². The maximum Gasteiger partial charge on any atom is 0.262 e. The molecule has 2 aromatic carbocycles. The molecule has 1 N–H and O–H groups in total. The van der Waals surface area contributed by atoms with Crippen LogP contribution in [0.5, 0.6) is 11.5 Å². The number of amides is 1. The fraction of sp³-hybridized carbons (Fsp3) is 0.350. The van der Waals surface area contributed by atoms with E-state index in [4.69, 9.17) is 14.2 Å². The summed E-state index contributed by atoms with van der Waals surface area (Å²) in [4.78, 5) is 12.2. The van der Waals surface area contributed by atoms with Gasteiger partial charge in [-0.25, -0.2) is 0 Å². The van der Waals surface area contributed by atoms with Gasteiger partial charge in [0.1, 0.15) is 18.1 Å². The second kappa shape index (κ2) is 9.05. The molecule has 3 rings (SSSR count). The number of hydrogen-bond donors (Lipinski definition) is 1. The van der Waals surface area contributed by atoms with Gasteiger partial charge in [-0.2, -0.15) is 0 Å². The average molecular weight is 420 g/mol. The van der Waals surface area contributed by atoms with Crippen LogP contribution in [-0.4, -0.2) is 31.8 Å². The third kappa shape index (κ3) is 5.22. The van der Waals surface area contributed by atoms with Crippen LogP contribution in [0.25, 0.3) is 0 Å². The number of anilines is 1. The molecule has 1 atom stereocenters. The first-order chi connectivity index (χ1) is 12.6. The molecule has 0 aromatic heterocycles. The molecule has 2 aromatic rings. The lowest BCUT2D eigenvalue weighted by Crippen LogP contribution is -2.21. The van der Waals surface area contributed by atoms with Crippen LogP contribution in [0.15, 0.2) is 46.9 Å². The van der Waals surface area contributed by atoms with Crippen molar-refractivity contribution < 1.29 is 19.0 Å². The Bertz CT molecular complexity index is 759. The lowest BCUT2D eigenvalue weighted by Gasteiger charge is -2.15. The van der Waals surface area contributed by atoms with Crippen molar-refractivity contribution >= 4 is 27.5 Å². The molecule has 0 spiro atoms. The number of nitrogens with one attached hydrogen (secondary N) is 1. The summed E-state index contributed by atoms with van der Waals surface area (Å²) in [5, 5.41) is 2.84. The van der Waals surface area contributed by atoms with Gasteiger partial charge in [-0.3, -0.25) is 4.79 Å². The Kier molecular flexibility index (Phi) is 6.52. The maximum atomic E-state index is 12.2. The summed E-state index contributed by atoms with van der Waals surface area (Å²) in [7, 11) is 0. The third-order valence-corrected chi connectivity index (χ3v) is 5.00. The van der Waals surface area contributed by atoms with Crippen LogP contribution >= 0.6 is 15.9 Å². The molecule has 0 aliphatic carbocycles. The van der Waals surface area contributed by atoms with Gasteiger partial charge in [0.2, 0.25) is 0 Å². The van der Waals surface area contributed by atoms with Gasteiger partial charge in [-0.15, -0.1) is 0 Å². The molecule has 0 radical (unpaired) electrons. The molecule has 0 bridgehead atoms. The van der Waals surface area contributed by atoms with Crippen molar-refractivity contribution in [3.63, 3.8) is 0 Å². The van der Waals surface area contributed by atoms with Crippen molar-refractivity contribution in [2.75, 3.05) is 25.1 Å². The summed E-state index contributed by atoms with van der Waals surface area (Å²) < 4.78 is 18.0. The normalized spacial score (nSPS) is 16.3. The standard InChI is InChI=1S/C20H22BrNO4/c1-14-11-15(8-9-17(14)21)25-13-20(23)22-18-6-2-3-7-19(18)26-12-16-5-4-10-24-16/h2-3,6-9,11,16H,4-5,10,12-13H2,1H3,(H,22,23). The molecule has 0 saturated carbocycles. The van der Waals surface area contributed by atoms with Gasteiger partial charge in [-0.1, -0.05) is 28.1 Å². The fourth-order valence-corrected chi connectivity index (χ4v) is 2.94. The first-order valence-corrected chi connectivity index (χ1v) is 9.43. The molecular formula is C20H22BrNO4. The number of hydrogen-bond acceptors (Lipinski definition) is 4. The summed E-state index contributed by atoms with van der Waals surface area (Å²) in [5.74, 6) is 1.05. The Balaban J connectivity index is 1.54. The lowest BCUT2D eigenvalue weighted by molar-refractivity contribution is -0.118. The van der Waals surface area contributed by atoms with E-state index < -0.39 is 0 Å². The van der Waals surface area contributed by atoms with Gasteiger partial charge >= 0.3 is 0 Å². The number of para-hydroxylation sites is 2. The van der Waals surface area contributed by atoms with Gasteiger partial charge in [0.05, 0.1) is 11.8 Å². The number of benzene rings is 2. The van der Waals surface area contributed by atoms with E-state index >= 15 is 0 Å². The summed E-state index contributed by atoms with van der Waals surface area (Å²) >= 11 is 3.44. The number of rotatable bonds is 7. The van der Waals surface area contributed by atoms with Crippen LogP contribution in [0.1, 0.15) is 18.4 Å². The Morgan fingerprint density at radius 3 is 2.88 bits per heavy atom. The van der Waals surface area contributed by atoms with Crippen molar-refractivity contribution in [2.45, 2.75) is 25.9 Å². The highest BCUT2D eigenvalue weighted by Gasteiger charge is 2.17. The number of halogens is 1. The number of carbonyl (C=O) groups excluding carboxylic acids is 1. The monoisotopic (exact) mass is 419 g/mol. The molecule has 1 aliphatic rings. The fourth-order valence-electron chi connectivity index (χ4n) is 2.70. The molecule has 26 heavy (non-hydrogen) atoms. The summed E-state index contributed by atoms with van der Waals surface area (Å²) in [5.41, 5.74) is 1.68. The molecule has 1 saturated heterocycles. The zero-order chi connectivity index (χ0) is 18.4. The van der Waals surface area contributed by atoms with Gasteiger partial charge in [-0.05, 0) is 55.7 Å². The summed E-state index contributed by atoms with van der Waals surface area (Å²) in [6.45, 7) is 3.18. The number of ether oxygens (including phenoxy) is 3. The third-order valence-electron chi connectivity index (χ3n) is 4.11. The van der Waals surface area contributed by atoms with Crippen LogP contribution in [0.4, 0.5) is 5.69 Å². The predicted molar refractivity (Wildman–Crippen MR) is 104 cm³/mol. The van der Waals surface area contributed by atoms with Crippen molar-refractivity contribution in [2.24, 2.45) is 0 Å². The second-order valence-electron chi connectivity index (χ2n) is 6.19. The minimum Gasteiger partial charge on any atom is -0.489 e. The van der Waals surface area contributed by atoms with E-state index in [0.717, 1.165) is 29.5 Å². The molecule has 5 nitrogen and oxygen atoms in total. The van der Waals surface area contributed by atoms with E-state index in [1.165, 1.54) is 0 Å². The SMILES string of the molecule is Cc1cc(OCC(=O)Nc2ccccc2OCC2CCCO2)ccc1Br. The minimum absolute atomic E-state index is 0.0683. The molecule has 1 fully saturated rings. The van der Waals surface area contributed by atoms with Crippen LogP contribution in [0, 0.1) is 6.92 Å². The highest BCUT2D eigenvalue weighted by Crippen LogP contribution is 2.25. The highest BCUT2D eigenvalue weighted by molar-refractivity contribution is 9.10. The Hall–Kier alpha value is -2.05. The Morgan fingerprint density at radius 1 is 1.27 bits per heavy atom. The molecular weight excluding hydrogens is 398 g/mol. The van der Waals surface area contributed by atoms with E-state index in [9.17, 15) is 4.79 Å². The van der Waals surface area contributed by atoms with E-state index in [2.05, 4.69) is 21.2 Å². The lowest BCUT2D eigenvalue weighted by atomic mass is 10.2. The minimum atomic E-state index is -0.237. The molecule has 1 heterocycles. The quantitative estimate of drug-likeness (QED) is 0.725. The van der Waals surface area contributed by atoms with Crippen molar-refractivity contribution in [3.8, 4) is 11.5 Å². The zero-order valence-corrected chi connectivity index (χ0v) is 16.3. The van der Waals surface area contributed by atoms with E-state index in [0.29, 0.717) is 23.8 Å². The first kappa shape index (κ1) is 18.7. The number of aryl methyl sites for hydroxylation is 1. The molecule has 1 aliphatic heterocycles. The maximum absolute atomic E-state index is 12.2. The molecule has 1 amide bonds. The van der Waals surface area contributed by atoms with Gasteiger partial charge in [0.15, 0.2) is 6.61 Å². The topological polar surface area (TPSA) is 56.8 Å². The van der Waals surface area contributed by atoms with E-state index in [1.54, 1.807) is 0 Å². The summed E-state index contributed by atoms with van der Waals surface area (Å²) in [6.07, 6.45) is 2.21. The average Bonchev–Trinajstić information content (AvgIpc) is 3.15. The molecule has 6 heteroatoms. The highest BCUT2D eigenvalue weighted by atomic mass is 79.9. The van der Waals surface area contributed by atoms with Crippen molar-refractivity contribution in [3.05, 3.63) is 52.5 Å². The van der Waals surface area contributed by atoms with Crippen LogP contribution in [0.3, 0.4) is 0 Å². The zero-order valence-electron chi connectivity index (χ0n) is 14.7. The van der Waals surface area contributed by atoms with E-state index in [1.807, 2.05) is 49.4 Å². The van der Waals surface area contributed by atoms with E-state index in [-0.39, 0.29) is 18.6 Å². The first-order valence-electron chi connectivity index (χ1n) is 8.64. The Labute approximate surface area is 161 Å². The smallest absolute Gasteiger partial charge is 0.262 e. The van der Waals surface area contributed by atoms with Crippen molar-refractivity contribution in [1.29, 1.82) is 0 Å². The summed E-state index contributed by atoms with van der Waals surface area (Å²) in [6, 6.07) is 13.0. The number of carbonyl (C=O) groups is 1. The van der Waals surface area contributed by atoms with Gasteiger partial charge in [0, 0.05) is 11.1 Å².